The summed E-state index contributed by atoms with van der Waals surface area (Å²) in [5.41, 5.74) is -0.644. The molecular formula is C13H25NO3S. The normalized spacial score (nSPS) is 20.4. The van der Waals surface area contributed by atoms with Gasteiger partial charge in [0.15, 0.2) is 0 Å². The minimum atomic E-state index is -1.08. The Morgan fingerprint density at radius 3 is 2.17 bits per heavy atom. The summed E-state index contributed by atoms with van der Waals surface area (Å²) in [6.07, 6.45) is 2.67. The third kappa shape index (κ3) is 4.78. The summed E-state index contributed by atoms with van der Waals surface area (Å²) < 4.78 is 20.4. The Morgan fingerprint density at radius 1 is 1.33 bits per heavy atom. The zero-order valence-corrected chi connectivity index (χ0v) is 13.1. The number of carbonyl (C=O) groups is 1. The largest absolute Gasteiger partial charge is 0.598 e. The molecule has 4 nitrogen and oxygen atoms in total. The first-order valence-corrected chi connectivity index (χ1v) is 7.50. The van der Waals surface area contributed by atoms with Crippen LogP contribution < -0.4 is 4.72 Å². The standard InChI is InChI=1S/C13H25NO3S/c1-10(15)17-12(5,6)9-13(7-8-13)14-18(16)11(2,3)4/h14H,7-9H2,1-6H3. The van der Waals surface area contributed by atoms with Crippen LogP contribution >= 0.6 is 0 Å². The molecule has 0 spiro atoms. The van der Waals surface area contributed by atoms with Gasteiger partial charge in [0.1, 0.15) is 10.3 Å². The van der Waals surface area contributed by atoms with Crippen molar-refractivity contribution < 1.29 is 14.1 Å². The van der Waals surface area contributed by atoms with Crippen LogP contribution in [-0.2, 0) is 20.9 Å². The predicted octanol–water partition coefficient (Wildman–Crippen LogP) is 2.30. The molecule has 0 aromatic rings. The summed E-state index contributed by atoms with van der Waals surface area (Å²) in [4.78, 5) is 11.0. The molecule has 5 heteroatoms. The van der Waals surface area contributed by atoms with E-state index in [-0.39, 0.29) is 16.3 Å². The van der Waals surface area contributed by atoms with E-state index >= 15 is 0 Å². The van der Waals surface area contributed by atoms with Crippen molar-refractivity contribution in [2.24, 2.45) is 0 Å². The van der Waals surface area contributed by atoms with E-state index in [9.17, 15) is 9.35 Å². The minimum Gasteiger partial charge on any atom is -0.598 e. The van der Waals surface area contributed by atoms with Crippen molar-refractivity contribution in [1.82, 2.24) is 4.72 Å². The van der Waals surface area contributed by atoms with Gasteiger partial charge in [-0.05, 0) is 47.5 Å². The van der Waals surface area contributed by atoms with Crippen LogP contribution in [0.5, 0.6) is 0 Å². The first kappa shape index (κ1) is 15.8. The van der Waals surface area contributed by atoms with E-state index in [0.29, 0.717) is 6.42 Å². The van der Waals surface area contributed by atoms with Crippen molar-refractivity contribution in [3.8, 4) is 0 Å². The molecule has 1 N–H and O–H groups in total. The van der Waals surface area contributed by atoms with Crippen molar-refractivity contribution in [3.05, 3.63) is 0 Å². The summed E-state index contributed by atoms with van der Waals surface area (Å²) in [5.74, 6) is -0.271. The molecule has 0 bridgehead atoms. The highest BCUT2D eigenvalue weighted by molar-refractivity contribution is 7.90. The molecule has 1 atom stereocenters. The molecule has 0 saturated heterocycles. The fourth-order valence-corrected chi connectivity index (χ4v) is 3.03. The highest BCUT2D eigenvalue weighted by Gasteiger charge is 2.52. The van der Waals surface area contributed by atoms with Crippen LogP contribution in [0.25, 0.3) is 0 Å². The lowest BCUT2D eigenvalue weighted by Gasteiger charge is -2.32. The van der Waals surface area contributed by atoms with Crippen molar-refractivity contribution in [3.63, 3.8) is 0 Å². The Bertz CT molecular complexity index is 319. The first-order valence-electron chi connectivity index (χ1n) is 6.35. The molecule has 18 heavy (non-hydrogen) atoms. The molecule has 0 aromatic carbocycles. The number of esters is 1. The average Bonchev–Trinajstić information content (AvgIpc) is 2.78. The maximum atomic E-state index is 12.1. The van der Waals surface area contributed by atoms with E-state index < -0.39 is 17.0 Å². The molecule has 0 radical (unpaired) electrons. The SMILES string of the molecule is CC(=O)OC(C)(C)CC1(N[S+]([O-])C(C)(C)C)CC1. The van der Waals surface area contributed by atoms with Crippen molar-refractivity contribution in [2.45, 2.75) is 76.7 Å². The lowest BCUT2D eigenvalue weighted by atomic mass is 9.97. The third-order valence-corrected chi connectivity index (χ3v) is 4.63. The van der Waals surface area contributed by atoms with E-state index in [4.69, 9.17) is 4.74 Å². The molecule has 0 heterocycles. The van der Waals surface area contributed by atoms with E-state index in [1.165, 1.54) is 6.92 Å². The van der Waals surface area contributed by atoms with Gasteiger partial charge >= 0.3 is 5.97 Å². The molecule has 1 saturated carbocycles. The van der Waals surface area contributed by atoms with Gasteiger partial charge in [-0.3, -0.25) is 4.79 Å². The molecular weight excluding hydrogens is 250 g/mol. The van der Waals surface area contributed by atoms with Gasteiger partial charge in [-0.2, -0.15) is 0 Å². The van der Waals surface area contributed by atoms with Crippen LogP contribution in [0.4, 0.5) is 0 Å². The van der Waals surface area contributed by atoms with Gasteiger partial charge in [0.05, 0.1) is 5.54 Å². The predicted molar refractivity (Wildman–Crippen MR) is 73.5 cm³/mol. The van der Waals surface area contributed by atoms with E-state index in [0.717, 1.165) is 12.8 Å². The summed E-state index contributed by atoms with van der Waals surface area (Å²) >= 11 is -1.08. The Kier molecular flexibility index (Phi) is 4.41. The fourth-order valence-electron chi connectivity index (χ4n) is 2.06. The van der Waals surface area contributed by atoms with Gasteiger partial charge in [-0.25, -0.2) is 0 Å². The zero-order chi connectivity index (χ0) is 14.2. The maximum absolute atomic E-state index is 12.1. The molecule has 1 aliphatic carbocycles. The molecule has 1 unspecified atom stereocenters. The molecule has 0 amide bonds. The van der Waals surface area contributed by atoms with Gasteiger partial charge in [-0.15, -0.1) is 4.72 Å². The van der Waals surface area contributed by atoms with E-state index in [1.54, 1.807) is 0 Å². The Labute approximate surface area is 113 Å². The van der Waals surface area contributed by atoms with Gasteiger partial charge < -0.3 is 9.29 Å². The smallest absolute Gasteiger partial charge is 0.303 e. The number of nitrogens with one attached hydrogen (secondary N) is 1. The molecule has 1 rings (SSSR count). The molecule has 1 aliphatic rings. The Balaban J connectivity index is 2.58. The third-order valence-electron chi connectivity index (χ3n) is 2.90. The van der Waals surface area contributed by atoms with Crippen LogP contribution in [0.1, 0.15) is 60.8 Å². The van der Waals surface area contributed by atoms with Gasteiger partial charge in [0.25, 0.3) is 0 Å². The monoisotopic (exact) mass is 275 g/mol. The maximum Gasteiger partial charge on any atom is 0.303 e. The van der Waals surface area contributed by atoms with Gasteiger partial charge in [0.2, 0.25) is 0 Å². The Hall–Kier alpha value is -0.260. The second-order valence-electron chi connectivity index (χ2n) is 6.79. The van der Waals surface area contributed by atoms with Crippen LogP contribution in [0.15, 0.2) is 0 Å². The second-order valence-corrected chi connectivity index (χ2v) is 8.76. The van der Waals surface area contributed by atoms with Crippen LogP contribution in [0.2, 0.25) is 0 Å². The quantitative estimate of drug-likeness (QED) is 0.618. The van der Waals surface area contributed by atoms with Crippen molar-refractivity contribution >= 4 is 17.3 Å². The van der Waals surface area contributed by atoms with Crippen LogP contribution in [0, 0.1) is 0 Å². The van der Waals surface area contributed by atoms with E-state index in [1.807, 2.05) is 34.6 Å². The number of rotatable bonds is 5. The topological polar surface area (TPSA) is 61.4 Å². The second kappa shape index (κ2) is 5.02. The van der Waals surface area contributed by atoms with Crippen LogP contribution in [0.3, 0.4) is 0 Å². The zero-order valence-electron chi connectivity index (χ0n) is 12.3. The summed E-state index contributed by atoms with van der Waals surface area (Å²) in [6, 6.07) is 0. The number of hydrogen-bond donors (Lipinski definition) is 1. The summed E-state index contributed by atoms with van der Waals surface area (Å²) in [5, 5.41) is 0. The Morgan fingerprint density at radius 2 is 1.83 bits per heavy atom. The van der Waals surface area contributed by atoms with E-state index in [2.05, 4.69) is 4.72 Å². The van der Waals surface area contributed by atoms with Gasteiger partial charge in [-0.1, -0.05) is 0 Å². The highest BCUT2D eigenvalue weighted by Crippen LogP contribution is 2.44. The minimum absolute atomic E-state index is 0.128. The molecule has 106 valence electrons. The molecule has 0 aliphatic heterocycles. The number of ether oxygens (including phenoxy) is 1. The van der Waals surface area contributed by atoms with Gasteiger partial charge in [0, 0.05) is 24.7 Å². The summed E-state index contributed by atoms with van der Waals surface area (Å²) in [6.45, 7) is 11.1. The first-order chi connectivity index (χ1) is 7.96. The van der Waals surface area contributed by atoms with Crippen LogP contribution in [-0.4, -0.2) is 26.4 Å². The van der Waals surface area contributed by atoms with Crippen molar-refractivity contribution in [2.75, 3.05) is 0 Å². The lowest BCUT2D eigenvalue weighted by molar-refractivity contribution is -0.154. The number of hydrogen-bond acceptors (Lipinski definition) is 4. The fraction of sp³-hybridized carbons (Fsp3) is 0.923. The number of carbonyl (C=O) groups excluding carboxylic acids is 1. The lowest BCUT2D eigenvalue weighted by Crippen LogP contribution is -2.49. The van der Waals surface area contributed by atoms with Crippen molar-refractivity contribution in [1.29, 1.82) is 0 Å². The highest BCUT2D eigenvalue weighted by atomic mass is 32.2. The molecule has 0 aromatic heterocycles. The average molecular weight is 275 g/mol. The molecule has 1 fully saturated rings. The summed E-state index contributed by atoms with van der Waals surface area (Å²) in [7, 11) is 0.